The number of carbonyl (C=O) groups is 1. The van der Waals surface area contributed by atoms with Gasteiger partial charge in [0.25, 0.3) is 0 Å². The minimum Gasteiger partial charge on any atom is -0.481 e. The number of hydrogen-bond acceptors (Lipinski definition) is 4. The first kappa shape index (κ1) is 9.98. The third kappa shape index (κ3) is 3.02. The molecule has 2 N–H and O–H groups in total. The van der Waals surface area contributed by atoms with Crippen LogP contribution in [0.2, 0.25) is 0 Å². The fraction of sp³-hybridized carbons (Fsp3) is 0.500. The second-order valence-electron chi connectivity index (χ2n) is 2.91. The highest BCUT2D eigenvalue weighted by molar-refractivity contribution is 7.13. The van der Waals surface area contributed by atoms with Crippen molar-refractivity contribution in [3.63, 3.8) is 0 Å². The number of anilines is 1. The van der Waals surface area contributed by atoms with Gasteiger partial charge in [-0.2, -0.15) is 0 Å². The maximum absolute atomic E-state index is 10.5. The summed E-state index contributed by atoms with van der Waals surface area (Å²) in [6.07, 6.45) is 0. The summed E-state index contributed by atoms with van der Waals surface area (Å²) in [6, 6.07) is 0. The van der Waals surface area contributed by atoms with Crippen molar-refractivity contribution >= 4 is 22.4 Å². The Morgan fingerprint density at radius 3 is 3.00 bits per heavy atom. The van der Waals surface area contributed by atoms with Crippen LogP contribution in [-0.2, 0) is 4.79 Å². The van der Waals surface area contributed by atoms with Crippen LogP contribution in [0.3, 0.4) is 0 Å². The normalized spacial score (nSPS) is 12.5. The van der Waals surface area contributed by atoms with E-state index in [1.165, 1.54) is 11.3 Å². The molecule has 0 bridgehead atoms. The largest absolute Gasteiger partial charge is 0.481 e. The molecule has 4 nitrogen and oxygen atoms in total. The van der Waals surface area contributed by atoms with Crippen LogP contribution in [0.5, 0.6) is 0 Å². The van der Waals surface area contributed by atoms with Crippen molar-refractivity contribution in [3.8, 4) is 0 Å². The van der Waals surface area contributed by atoms with Gasteiger partial charge < -0.3 is 10.4 Å². The van der Waals surface area contributed by atoms with E-state index < -0.39 is 5.97 Å². The Labute approximate surface area is 80.6 Å². The first-order valence-corrected chi connectivity index (χ1v) is 4.86. The topological polar surface area (TPSA) is 62.2 Å². The Morgan fingerprint density at radius 2 is 2.54 bits per heavy atom. The minimum absolute atomic E-state index is 0.385. The maximum Gasteiger partial charge on any atom is 0.308 e. The maximum atomic E-state index is 10.5. The predicted molar refractivity (Wildman–Crippen MR) is 52.1 cm³/mol. The molecule has 0 saturated carbocycles. The lowest BCUT2D eigenvalue weighted by atomic mass is 10.2. The molecule has 0 spiro atoms. The highest BCUT2D eigenvalue weighted by Crippen LogP contribution is 2.14. The van der Waals surface area contributed by atoms with Crippen molar-refractivity contribution in [1.82, 2.24) is 4.98 Å². The van der Waals surface area contributed by atoms with Crippen LogP contribution >= 0.6 is 11.3 Å². The van der Waals surface area contributed by atoms with Crippen molar-refractivity contribution in [2.24, 2.45) is 5.92 Å². The van der Waals surface area contributed by atoms with Gasteiger partial charge in [-0.05, 0) is 6.92 Å². The minimum atomic E-state index is -0.791. The summed E-state index contributed by atoms with van der Waals surface area (Å²) in [5.74, 6) is -1.18. The number of aromatic nitrogens is 1. The number of thiazole rings is 1. The first-order valence-electron chi connectivity index (χ1n) is 3.98. The van der Waals surface area contributed by atoms with Crippen LogP contribution in [-0.4, -0.2) is 22.6 Å². The molecule has 0 aliphatic rings. The van der Waals surface area contributed by atoms with E-state index in [1.54, 1.807) is 6.92 Å². The van der Waals surface area contributed by atoms with Gasteiger partial charge in [-0.15, -0.1) is 11.3 Å². The summed E-state index contributed by atoms with van der Waals surface area (Å²) < 4.78 is 0. The molecular formula is C8H12N2O2S. The fourth-order valence-corrected chi connectivity index (χ4v) is 1.46. The first-order chi connectivity index (χ1) is 6.09. The summed E-state index contributed by atoms with van der Waals surface area (Å²) in [4.78, 5) is 14.6. The van der Waals surface area contributed by atoms with E-state index in [9.17, 15) is 4.79 Å². The number of aryl methyl sites for hydroxylation is 1. The zero-order valence-corrected chi connectivity index (χ0v) is 8.39. The van der Waals surface area contributed by atoms with Gasteiger partial charge in [-0.3, -0.25) is 4.79 Å². The molecule has 1 rings (SSSR count). The molecule has 0 amide bonds. The molecule has 0 fully saturated rings. The highest BCUT2D eigenvalue weighted by atomic mass is 32.1. The van der Waals surface area contributed by atoms with Gasteiger partial charge in [-0.1, -0.05) is 6.92 Å². The summed E-state index contributed by atoms with van der Waals surface area (Å²) in [7, 11) is 0. The van der Waals surface area contributed by atoms with Crippen molar-refractivity contribution in [2.45, 2.75) is 13.8 Å². The van der Waals surface area contributed by atoms with E-state index in [0.717, 1.165) is 10.8 Å². The van der Waals surface area contributed by atoms with E-state index in [2.05, 4.69) is 10.3 Å². The van der Waals surface area contributed by atoms with Gasteiger partial charge in [0, 0.05) is 11.9 Å². The van der Waals surface area contributed by atoms with Gasteiger partial charge >= 0.3 is 5.97 Å². The Hall–Kier alpha value is -1.10. The lowest BCUT2D eigenvalue weighted by Crippen LogP contribution is -2.19. The number of rotatable bonds is 4. The monoisotopic (exact) mass is 200 g/mol. The molecule has 0 radical (unpaired) electrons. The number of hydrogen-bond donors (Lipinski definition) is 2. The number of carboxylic acid groups (broad SMARTS) is 1. The van der Waals surface area contributed by atoms with Gasteiger partial charge in [0.15, 0.2) is 5.13 Å². The van der Waals surface area contributed by atoms with E-state index in [-0.39, 0.29) is 5.92 Å². The molecule has 0 aromatic carbocycles. The molecule has 1 heterocycles. The average molecular weight is 200 g/mol. The third-order valence-corrected chi connectivity index (χ3v) is 2.52. The quantitative estimate of drug-likeness (QED) is 0.774. The van der Waals surface area contributed by atoms with Crippen molar-refractivity contribution in [3.05, 3.63) is 11.1 Å². The van der Waals surface area contributed by atoms with Crippen molar-refractivity contribution in [1.29, 1.82) is 0 Å². The molecule has 1 aromatic rings. The summed E-state index contributed by atoms with van der Waals surface area (Å²) >= 11 is 1.49. The molecule has 0 aliphatic heterocycles. The fourth-order valence-electron chi connectivity index (χ4n) is 0.763. The molecule has 0 aliphatic carbocycles. The summed E-state index contributed by atoms with van der Waals surface area (Å²) in [6.45, 7) is 3.99. The second kappa shape index (κ2) is 4.23. The van der Waals surface area contributed by atoms with Crippen LogP contribution in [0.15, 0.2) is 5.38 Å². The van der Waals surface area contributed by atoms with Gasteiger partial charge in [0.1, 0.15) is 0 Å². The van der Waals surface area contributed by atoms with Crippen LogP contribution in [0.4, 0.5) is 5.13 Å². The Morgan fingerprint density at radius 1 is 1.85 bits per heavy atom. The number of nitrogens with zero attached hydrogens (tertiary/aromatic N) is 1. The van der Waals surface area contributed by atoms with Gasteiger partial charge in [0.05, 0.1) is 11.6 Å². The molecule has 1 aromatic heterocycles. The van der Waals surface area contributed by atoms with E-state index in [1.807, 2.05) is 12.3 Å². The Balaban J connectivity index is 2.39. The Kier molecular flexibility index (Phi) is 3.25. The molecule has 1 unspecified atom stereocenters. The van der Waals surface area contributed by atoms with E-state index in [4.69, 9.17) is 5.11 Å². The highest BCUT2D eigenvalue weighted by Gasteiger charge is 2.10. The second-order valence-corrected chi connectivity index (χ2v) is 3.77. The molecule has 13 heavy (non-hydrogen) atoms. The van der Waals surface area contributed by atoms with E-state index >= 15 is 0 Å². The van der Waals surface area contributed by atoms with Crippen molar-refractivity contribution < 1.29 is 9.90 Å². The lowest BCUT2D eigenvalue weighted by molar-refractivity contribution is -0.140. The zero-order chi connectivity index (χ0) is 9.84. The predicted octanol–water partition coefficient (Wildman–Crippen LogP) is 1.58. The van der Waals surface area contributed by atoms with Crippen LogP contribution in [0, 0.1) is 12.8 Å². The lowest BCUT2D eigenvalue weighted by Gasteiger charge is -2.05. The zero-order valence-electron chi connectivity index (χ0n) is 7.57. The smallest absolute Gasteiger partial charge is 0.308 e. The van der Waals surface area contributed by atoms with Gasteiger partial charge in [0.2, 0.25) is 0 Å². The number of carboxylic acids is 1. The standard InChI is InChI=1S/C8H12N2O2S/c1-5(7(11)12)3-9-8-10-6(2)4-13-8/h4-5H,3H2,1-2H3,(H,9,10)(H,11,12). The summed E-state index contributed by atoms with van der Waals surface area (Å²) in [5.41, 5.74) is 0.954. The van der Waals surface area contributed by atoms with Crippen LogP contribution in [0.1, 0.15) is 12.6 Å². The summed E-state index contributed by atoms with van der Waals surface area (Å²) in [5, 5.41) is 14.3. The molecular weight excluding hydrogens is 188 g/mol. The number of aliphatic carboxylic acids is 1. The molecule has 5 heteroatoms. The number of nitrogens with one attached hydrogen (secondary N) is 1. The third-order valence-electron chi connectivity index (χ3n) is 1.60. The van der Waals surface area contributed by atoms with Crippen LogP contribution < -0.4 is 5.32 Å². The average Bonchev–Trinajstić information content (AvgIpc) is 2.47. The molecule has 1 atom stereocenters. The SMILES string of the molecule is Cc1csc(NCC(C)C(=O)O)n1. The molecule has 72 valence electrons. The van der Waals surface area contributed by atoms with Crippen LogP contribution in [0.25, 0.3) is 0 Å². The van der Waals surface area contributed by atoms with Gasteiger partial charge in [-0.25, -0.2) is 4.98 Å². The van der Waals surface area contributed by atoms with Crippen molar-refractivity contribution in [2.75, 3.05) is 11.9 Å². The van der Waals surface area contributed by atoms with E-state index in [0.29, 0.717) is 6.54 Å². The Bertz CT molecular complexity index is 298. The molecule has 0 saturated heterocycles.